The van der Waals surface area contributed by atoms with Crippen molar-refractivity contribution in [1.82, 2.24) is 15.3 Å². The fraction of sp³-hybridized carbons (Fsp3) is 0.500. The normalized spacial score (nSPS) is 20.3. The number of carbonyl (C=O) groups is 1. The average Bonchev–Trinajstić information content (AvgIpc) is 3.01. The molecule has 5 nitrogen and oxygen atoms in total. The molecule has 0 radical (unpaired) electrons. The van der Waals surface area contributed by atoms with Gasteiger partial charge in [-0.1, -0.05) is 11.8 Å². The molecule has 1 amide bonds. The number of thioether (sulfide) groups is 1. The molecule has 1 N–H and O–H groups in total. The smallest absolute Gasteiger partial charge is 0.255 e. The summed E-state index contributed by atoms with van der Waals surface area (Å²) in [6, 6.07) is 2.00. The number of nitrogens with zero attached hydrogens (tertiary/aromatic N) is 2. The molecule has 1 aliphatic rings. The Morgan fingerprint density at radius 3 is 2.68 bits per heavy atom. The third kappa shape index (κ3) is 4.73. The fourth-order valence-electron chi connectivity index (χ4n) is 3.00. The van der Waals surface area contributed by atoms with Crippen molar-refractivity contribution < 1.29 is 9.53 Å². The number of amides is 1. The van der Waals surface area contributed by atoms with Crippen LogP contribution in [0.1, 0.15) is 47.4 Å². The Hall–Kier alpha value is -1.60. The van der Waals surface area contributed by atoms with E-state index in [1.807, 2.05) is 25.6 Å². The zero-order chi connectivity index (χ0) is 17.8. The van der Waals surface area contributed by atoms with Gasteiger partial charge in [0.15, 0.2) is 0 Å². The highest BCUT2D eigenvalue weighted by molar-refractivity contribution is 8.01. The molecule has 1 aliphatic carbocycles. The van der Waals surface area contributed by atoms with Crippen LogP contribution in [0, 0.1) is 13.8 Å². The van der Waals surface area contributed by atoms with E-state index in [4.69, 9.17) is 4.74 Å². The van der Waals surface area contributed by atoms with Gasteiger partial charge in [-0.3, -0.25) is 9.78 Å². The van der Waals surface area contributed by atoms with Crippen LogP contribution in [0.5, 0.6) is 5.75 Å². The van der Waals surface area contributed by atoms with Gasteiger partial charge in [-0.05, 0) is 45.6 Å². The third-order valence-electron chi connectivity index (χ3n) is 4.34. The first-order chi connectivity index (χ1) is 12.0. The minimum absolute atomic E-state index is 0.0750. The van der Waals surface area contributed by atoms with E-state index in [1.165, 1.54) is 0 Å². The number of carbonyl (C=O) groups excluding carboxylic acids is 1. The van der Waals surface area contributed by atoms with E-state index in [9.17, 15) is 4.79 Å². The van der Waals surface area contributed by atoms with Crippen molar-refractivity contribution in [3.63, 3.8) is 0 Å². The Morgan fingerprint density at radius 2 is 2.04 bits per heavy atom. The number of aryl methyl sites for hydroxylation is 2. The Kier molecular flexibility index (Phi) is 5.96. The standard InChI is InChI=1S/C18H23N3O2S2/c1-11-8-15(16(23-3)9-19-11)17(22)21-13-4-6-14(7-5-13)25-18-20-12(2)10-24-18/h8-10,13-14H,4-7H2,1-3H3,(H,21,22). The molecule has 25 heavy (non-hydrogen) atoms. The van der Waals surface area contributed by atoms with Gasteiger partial charge in [0.05, 0.1) is 18.9 Å². The van der Waals surface area contributed by atoms with Crippen LogP contribution in [0.25, 0.3) is 0 Å². The lowest BCUT2D eigenvalue weighted by molar-refractivity contribution is 0.0925. The lowest BCUT2D eigenvalue weighted by atomic mass is 9.94. The van der Waals surface area contributed by atoms with Gasteiger partial charge in [-0.25, -0.2) is 4.98 Å². The summed E-state index contributed by atoms with van der Waals surface area (Å²) in [5.74, 6) is 0.445. The SMILES string of the molecule is COc1cnc(C)cc1C(=O)NC1CCC(Sc2nc(C)cs2)CC1. The maximum atomic E-state index is 12.6. The van der Waals surface area contributed by atoms with Crippen LogP contribution >= 0.6 is 23.1 Å². The van der Waals surface area contributed by atoms with E-state index >= 15 is 0 Å². The van der Waals surface area contributed by atoms with E-state index in [0.29, 0.717) is 16.6 Å². The van der Waals surface area contributed by atoms with Gasteiger partial charge < -0.3 is 10.1 Å². The molecule has 0 spiro atoms. The van der Waals surface area contributed by atoms with Crippen molar-refractivity contribution in [2.45, 2.75) is 55.2 Å². The second-order valence-electron chi connectivity index (χ2n) is 6.35. The largest absolute Gasteiger partial charge is 0.494 e. The summed E-state index contributed by atoms with van der Waals surface area (Å²) in [5, 5.41) is 5.85. The predicted molar refractivity (Wildman–Crippen MR) is 102 cm³/mol. The highest BCUT2D eigenvalue weighted by Crippen LogP contribution is 2.35. The Morgan fingerprint density at radius 1 is 1.28 bits per heavy atom. The van der Waals surface area contributed by atoms with Crippen molar-refractivity contribution in [3.05, 3.63) is 34.6 Å². The van der Waals surface area contributed by atoms with Crippen LogP contribution < -0.4 is 10.1 Å². The molecule has 0 aromatic carbocycles. The molecule has 7 heteroatoms. The molecule has 1 saturated carbocycles. The van der Waals surface area contributed by atoms with Crippen LogP contribution in [0.2, 0.25) is 0 Å². The summed E-state index contributed by atoms with van der Waals surface area (Å²) >= 11 is 3.60. The third-order valence-corrected chi connectivity index (χ3v) is 6.77. The van der Waals surface area contributed by atoms with Gasteiger partial charge in [0.2, 0.25) is 0 Å². The van der Waals surface area contributed by atoms with Gasteiger partial charge in [-0.2, -0.15) is 0 Å². The average molecular weight is 378 g/mol. The first-order valence-corrected chi connectivity index (χ1v) is 10.2. The lowest BCUT2D eigenvalue weighted by Crippen LogP contribution is -2.38. The number of hydrogen-bond acceptors (Lipinski definition) is 6. The number of rotatable bonds is 5. The number of aromatic nitrogens is 2. The minimum atomic E-state index is -0.0750. The van der Waals surface area contributed by atoms with Gasteiger partial charge >= 0.3 is 0 Å². The topological polar surface area (TPSA) is 64.1 Å². The Balaban J connectivity index is 1.53. The molecule has 0 saturated heterocycles. The van der Waals surface area contributed by atoms with Gasteiger partial charge in [0, 0.05) is 28.1 Å². The molecule has 1 fully saturated rings. The van der Waals surface area contributed by atoms with E-state index < -0.39 is 0 Å². The molecular weight excluding hydrogens is 354 g/mol. The summed E-state index contributed by atoms with van der Waals surface area (Å²) in [5.41, 5.74) is 2.46. The lowest BCUT2D eigenvalue weighted by Gasteiger charge is -2.28. The number of ether oxygens (including phenoxy) is 1. The monoisotopic (exact) mass is 377 g/mol. The van der Waals surface area contributed by atoms with Crippen LogP contribution in [0.4, 0.5) is 0 Å². The first kappa shape index (κ1) is 18.2. The van der Waals surface area contributed by atoms with Crippen LogP contribution in [-0.4, -0.2) is 34.3 Å². The molecule has 2 aromatic rings. The van der Waals surface area contributed by atoms with Crippen LogP contribution in [0.3, 0.4) is 0 Å². The summed E-state index contributed by atoms with van der Waals surface area (Å²) in [7, 11) is 1.56. The molecule has 134 valence electrons. The van der Waals surface area contributed by atoms with Gasteiger partial charge in [0.1, 0.15) is 10.1 Å². The number of hydrogen-bond donors (Lipinski definition) is 1. The van der Waals surface area contributed by atoms with Crippen molar-refractivity contribution in [2.75, 3.05) is 7.11 Å². The zero-order valence-corrected chi connectivity index (χ0v) is 16.4. The summed E-state index contributed by atoms with van der Waals surface area (Å²) < 4.78 is 6.42. The molecule has 0 atom stereocenters. The highest BCUT2D eigenvalue weighted by Gasteiger charge is 2.25. The van der Waals surface area contributed by atoms with Crippen molar-refractivity contribution in [3.8, 4) is 5.75 Å². The Bertz CT molecular complexity index is 740. The second-order valence-corrected chi connectivity index (χ2v) is 8.75. The second kappa shape index (κ2) is 8.19. The molecule has 3 rings (SSSR count). The Labute approximate surface area is 156 Å². The van der Waals surface area contributed by atoms with E-state index in [0.717, 1.165) is 41.4 Å². The highest BCUT2D eigenvalue weighted by atomic mass is 32.2. The van der Waals surface area contributed by atoms with Gasteiger partial charge in [0.25, 0.3) is 5.91 Å². The zero-order valence-electron chi connectivity index (χ0n) is 14.7. The molecule has 0 aliphatic heterocycles. The van der Waals surface area contributed by atoms with Crippen LogP contribution in [0.15, 0.2) is 22.0 Å². The molecule has 0 bridgehead atoms. The van der Waals surface area contributed by atoms with Crippen molar-refractivity contribution in [2.24, 2.45) is 0 Å². The number of thiazole rings is 1. The summed E-state index contributed by atoms with van der Waals surface area (Å²) in [4.78, 5) is 21.3. The quantitative estimate of drug-likeness (QED) is 0.853. The number of methoxy groups -OCH3 is 1. The number of pyridine rings is 1. The van der Waals surface area contributed by atoms with Crippen molar-refractivity contribution in [1.29, 1.82) is 0 Å². The van der Waals surface area contributed by atoms with E-state index in [2.05, 4.69) is 20.7 Å². The molecule has 2 aromatic heterocycles. The molecular formula is C18H23N3O2S2. The van der Waals surface area contributed by atoms with Crippen molar-refractivity contribution >= 4 is 29.0 Å². The molecule has 2 heterocycles. The van der Waals surface area contributed by atoms with E-state index in [-0.39, 0.29) is 11.9 Å². The number of nitrogens with one attached hydrogen (secondary N) is 1. The summed E-state index contributed by atoms with van der Waals surface area (Å²) in [6.07, 6.45) is 5.80. The first-order valence-electron chi connectivity index (χ1n) is 8.45. The predicted octanol–water partition coefficient (Wildman–Crippen LogP) is 4.00. The maximum Gasteiger partial charge on any atom is 0.255 e. The van der Waals surface area contributed by atoms with Crippen LogP contribution in [-0.2, 0) is 0 Å². The van der Waals surface area contributed by atoms with E-state index in [1.54, 1.807) is 30.7 Å². The van der Waals surface area contributed by atoms with Gasteiger partial charge in [-0.15, -0.1) is 11.3 Å². The molecule has 0 unspecified atom stereocenters. The summed E-state index contributed by atoms with van der Waals surface area (Å²) in [6.45, 7) is 3.90. The minimum Gasteiger partial charge on any atom is -0.494 e. The maximum absolute atomic E-state index is 12.6. The fourth-order valence-corrected chi connectivity index (χ4v) is 5.29.